The van der Waals surface area contributed by atoms with Crippen molar-refractivity contribution >= 4 is 23.8 Å². The number of imide groups is 1. The maximum atomic E-state index is 12.5. The van der Waals surface area contributed by atoms with Crippen molar-refractivity contribution < 1.29 is 23.9 Å². The summed E-state index contributed by atoms with van der Waals surface area (Å²) in [5, 5.41) is 5.39. The number of esters is 1. The number of ether oxygens (including phenoxy) is 1. The second kappa shape index (κ2) is 8.80. The molecule has 4 bridgehead atoms. The predicted octanol–water partition coefficient (Wildman–Crippen LogP) is 2.76. The van der Waals surface area contributed by atoms with E-state index >= 15 is 0 Å². The van der Waals surface area contributed by atoms with Gasteiger partial charge < -0.3 is 15.0 Å². The van der Waals surface area contributed by atoms with Crippen LogP contribution < -0.4 is 10.6 Å². The Morgan fingerprint density at radius 3 is 2.39 bits per heavy atom. The van der Waals surface area contributed by atoms with Gasteiger partial charge in [-0.05, 0) is 80.4 Å². The molecule has 8 heteroatoms. The number of amides is 4. The average molecular weight is 454 g/mol. The lowest BCUT2D eigenvalue weighted by Gasteiger charge is -2.56. The Hall–Kier alpha value is -2.90. The first-order valence-electron chi connectivity index (χ1n) is 12.0. The lowest BCUT2D eigenvalue weighted by Crippen LogP contribution is -2.62. The summed E-state index contributed by atoms with van der Waals surface area (Å²) in [6, 6.07) is 6.35. The molecule has 0 radical (unpaired) electrons. The van der Waals surface area contributed by atoms with Crippen molar-refractivity contribution in [3.05, 3.63) is 35.4 Å². The fourth-order valence-corrected chi connectivity index (χ4v) is 6.80. The molecule has 1 aromatic carbocycles. The summed E-state index contributed by atoms with van der Waals surface area (Å²) < 4.78 is 5.12. The summed E-state index contributed by atoms with van der Waals surface area (Å²) in [7, 11) is 0. The number of rotatable bonds is 6. The van der Waals surface area contributed by atoms with Crippen molar-refractivity contribution in [1.29, 1.82) is 0 Å². The molecule has 8 nitrogen and oxygen atoms in total. The first-order chi connectivity index (χ1) is 15.9. The minimum Gasteiger partial charge on any atom is -0.452 e. The van der Waals surface area contributed by atoms with Crippen LogP contribution in [0, 0.1) is 17.8 Å². The summed E-state index contributed by atoms with van der Waals surface area (Å²) >= 11 is 0. The molecule has 1 saturated heterocycles. The summed E-state index contributed by atoms with van der Waals surface area (Å²) in [6.07, 6.45) is 8.21. The molecule has 4 amide bonds. The van der Waals surface area contributed by atoms with E-state index in [0.717, 1.165) is 37.8 Å². The molecule has 1 aliphatic heterocycles. The molecule has 6 rings (SSSR count). The molecule has 0 unspecified atom stereocenters. The quantitative estimate of drug-likeness (QED) is 0.645. The van der Waals surface area contributed by atoms with E-state index in [1.165, 1.54) is 19.3 Å². The Balaban J connectivity index is 1.09. The van der Waals surface area contributed by atoms with Gasteiger partial charge in [0, 0.05) is 25.0 Å². The van der Waals surface area contributed by atoms with Crippen LogP contribution in [0.1, 0.15) is 67.3 Å². The topological polar surface area (TPSA) is 105 Å². The number of carbonyl (C=O) groups excluding carboxylic acids is 4. The van der Waals surface area contributed by atoms with Gasteiger partial charge >= 0.3 is 12.0 Å². The molecular formula is C25H31N3O5. The number of hydrogen-bond donors (Lipinski definition) is 2. The zero-order valence-corrected chi connectivity index (χ0v) is 18.8. The van der Waals surface area contributed by atoms with Crippen LogP contribution in [-0.4, -0.2) is 47.4 Å². The molecular weight excluding hydrogens is 422 g/mol. The number of urea groups is 1. The number of likely N-dealkylation sites (tertiary alicyclic amines) is 1. The second-order valence-electron chi connectivity index (χ2n) is 10.4. The van der Waals surface area contributed by atoms with Crippen LogP contribution in [0.2, 0.25) is 0 Å². The fraction of sp³-hybridized carbons (Fsp3) is 0.600. The normalized spacial score (nSPS) is 29.8. The number of carbonyl (C=O) groups is 4. The van der Waals surface area contributed by atoms with Crippen molar-refractivity contribution in [2.24, 2.45) is 17.8 Å². The minimum atomic E-state index is -0.649. The monoisotopic (exact) mass is 453 g/mol. The Labute approximate surface area is 193 Å². The summed E-state index contributed by atoms with van der Waals surface area (Å²) in [6.45, 7) is 0.645. The van der Waals surface area contributed by atoms with E-state index in [2.05, 4.69) is 10.6 Å². The maximum absolute atomic E-state index is 12.5. The van der Waals surface area contributed by atoms with Crippen LogP contribution in [0.4, 0.5) is 4.79 Å². The number of hydrogen-bond acceptors (Lipinski definition) is 5. The Morgan fingerprint density at radius 2 is 1.76 bits per heavy atom. The largest absolute Gasteiger partial charge is 0.452 e. The average Bonchev–Trinajstić information content (AvgIpc) is 3.15. The number of nitrogens with one attached hydrogen (secondary N) is 2. The van der Waals surface area contributed by atoms with E-state index in [0.29, 0.717) is 36.3 Å². The van der Waals surface area contributed by atoms with E-state index in [-0.39, 0.29) is 11.4 Å². The van der Waals surface area contributed by atoms with Gasteiger partial charge in [-0.15, -0.1) is 0 Å². The highest BCUT2D eigenvalue weighted by atomic mass is 16.5. The molecule has 4 aliphatic carbocycles. The van der Waals surface area contributed by atoms with Crippen LogP contribution in [0.5, 0.6) is 0 Å². The van der Waals surface area contributed by atoms with Crippen LogP contribution in [-0.2, 0) is 20.9 Å². The third-order valence-electron chi connectivity index (χ3n) is 7.71. The van der Waals surface area contributed by atoms with Crippen LogP contribution in [0.15, 0.2) is 24.3 Å². The Kier molecular flexibility index (Phi) is 5.85. The number of benzene rings is 1. The molecule has 5 aliphatic rings. The van der Waals surface area contributed by atoms with Gasteiger partial charge in [-0.25, -0.2) is 9.59 Å². The lowest BCUT2D eigenvalue weighted by atomic mass is 9.53. The van der Waals surface area contributed by atoms with Gasteiger partial charge in [-0.1, -0.05) is 12.1 Å². The summed E-state index contributed by atoms with van der Waals surface area (Å²) in [4.78, 5) is 50.7. The molecule has 5 fully saturated rings. The van der Waals surface area contributed by atoms with Crippen LogP contribution in [0.25, 0.3) is 0 Å². The van der Waals surface area contributed by atoms with Crippen molar-refractivity contribution in [2.75, 3.05) is 13.2 Å². The standard InChI is InChI=1S/C25H31N3O5/c29-21(26-24(32)27-25-11-17-7-18(12-25)9-19(8-17)13-25)15-33-23(31)20-4-1-3-16(10-20)14-28-6-2-5-22(28)30/h1,3-4,10,17-19H,2,5-9,11-15H2,(H2,26,27,29,32). The lowest BCUT2D eigenvalue weighted by molar-refractivity contribution is -0.128. The van der Waals surface area contributed by atoms with Gasteiger partial charge in [0.1, 0.15) is 0 Å². The molecule has 176 valence electrons. The highest BCUT2D eigenvalue weighted by Gasteiger charge is 2.51. The number of nitrogens with zero attached hydrogens (tertiary/aromatic N) is 1. The first kappa shape index (κ1) is 21.9. The molecule has 0 aromatic heterocycles. The van der Waals surface area contributed by atoms with Crippen molar-refractivity contribution in [1.82, 2.24) is 15.5 Å². The third-order valence-corrected chi connectivity index (χ3v) is 7.71. The Bertz CT molecular complexity index is 939. The first-order valence-corrected chi connectivity index (χ1v) is 12.0. The van der Waals surface area contributed by atoms with Gasteiger partial charge in [0.15, 0.2) is 6.61 Å². The molecule has 2 N–H and O–H groups in total. The minimum absolute atomic E-state index is 0.117. The van der Waals surface area contributed by atoms with Gasteiger partial charge in [-0.2, -0.15) is 0 Å². The smallest absolute Gasteiger partial charge is 0.338 e. The zero-order valence-electron chi connectivity index (χ0n) is 18.8. The highest BCUT2D eigenvalue weighted by molar-refractivity contribution is 5.97. The third kappa shape index (κ3) is 4.89. The van der Waals surface area contributed by atoms with E-state index in [4.69, 9.17) is 4.74 Å². The fourth-order valence-electron chi connectivity index (χ4n) is 6.80. The van der Waals surface area contributed by atoms with Crippen LogP contribution >= 0.6 is 0 Å². The molecule has 0 spiro atoms. The highest BCUT2D eigenvalue weighted by Crippen LogP contribution is 2.55. The summed E-state index contributed by atoms with van der Waals surface area (Å²) in [5.41, 5.74) is 0.955. The van der Waals surface area contributed by atoms with E-state index < -0.39 is 24.5 Å². The second-order valence-corrected chi connectivity index (χ2v) is 10.4. The Morgan fingerprint density at radius 1 is 1.06 bits per heavy atom. The van der Waals surface area contributed by atoms with Gasteiger partial charge in [0.05, 0.1) is 5.56 Å². The van der Waals surface area contributed by atoms with Crippen molar-refractivity contribution in [3.63, 3.8) is 0 Å². The predicted molar refractivity (Wildman–Crippen MR) is 119 cm³/mol. The van der Waals surface area contributed by atoms with E-state index in [1.807, 2.05) is 6.07 Å². The SMILES string of the molecule is O=C(COC(=O)c1cccc(CN2CCCC2=O)c1)NC(=O)NC12CC3CC(CC(C3)C1)C2. The molecule has 1 heterocycles. The van der Waals surface area contributed by atoms with E-state index in [1.54, 1.807) is 23.1 Å². The molecule has 4 saturated carbocycles. The molecule has 33 heavy (non-hydrogen) atoms. The van der Waals surface area contributed by atoms with Crippen molar-refractivity contribution in [2.45, 2.75) is 63.5 Å². The van der Waals surface area contributed by atoms with Crippen molar-refractivity contribution in [3.8, 4) is 0 Å². The maximum Gasteiger partial charge on any atom is 0.338 e. The van der Waals surface area contributed by atoms with E-state index in [9.17, 15) is 19.2 Å². The molecule has 1 aromatic rings. The van der Waals surface area contributed by atoms with Crippen LogP contribution in [0.3, 0.4) is 0 Å². The zero-order chi connectivity index (χ0) is 23.0. The van der Waals surface area contributed by atoms with Gasteiger partial charge in [0.25, 0.3) is 5.91 Å². The van der Waals surface area contributed by atoms with Gasteiger partial charge in [0.2, 0.25) is 5.91 Å². The summed E-state index contributed by atoms with van der Waals surface area (Å²) in [5.74, 6) is 0.893. The van der Waals surface area contributed by atoms with Gasteiger partial charge in [-0.3, -0.25) is 14.9 Å². The molecule has 0 atom stereocenters.